The SMILES string of the molecule is C[C@]12CCC(=O)CC1CC(CCCCCCCCC(=O)NCc1ccccc1)[C@@H]1[C@H]2CC[C@]2(C)C(O)CC[C@@H]12. The van der Waals surface area contributed by atoms with Gasteiger partial charge in [-0.2, -0.15) is 0 Å². The number of hydrogen-bond donors (Lipinski definition) is 2. The van der Waals surface area contributed by atoms with Crippen molar-refractivity contribution in [1.82, 2.24) is 5.32 Å². The number of nitrogens with one attached hydrogen (secondary N) is 1. The van der Waals surface area contributed by atoms with E-state index < -0.39 is 0 Å². The van der Waals surface area contributed by atoms with E-state index in [0.29, 0.717) is 36.0 Å². The number of Topliss-reactive ketones (excluding diaryl/α,β-unsaturated/α-hetero) is 1. The predicted molar refractivity (Wildman–Crippen MR) is 157 cm³/mol. The van der Waals surface area contributed by atoms with Gasteiger partial charge in [-0.05, 0) is 90.9 Å². The van der Waals surface area contributed by atoms with Crippen LogP contribution >= 0.6 is 0 Å². The van der Waals surface area contributed by atoms with Gasteiger partial charge >= 0.3 is 0 Å². The summed E-state index contributed by atoms with van der Waals surface area (Å²) < 4.78 is 0. The number of carbonyl (C=O) groups excluding carboxylic acids is 2. The van der Waals surface area contributed by atoms with Crippen molar-refractivity contribution in [1.29, 1.82) is 0 Å². The first kappa shape index (κ1) is 28.8. The Labute approximate surface area is 237 Å². The summed E-state index contributed by atoms with van der Waals surface area (Å²) in [6.45, 7) is 5.55. The maximum absolute atomic E-state index is 12.5. The summed E-state index contributed by atoms with van der Waals surface area (Å²) in [6, 6.07) is 10.1. The fourth-order valence-corrected chi connectivity index (χ4v) is 9.77. The lowest BCUT2D eigenvalue weighted by molar-refractivity contribution is -0.156. The molecule has 5 rings (SSSR count). The molecule has 4 nitrogen and oxygen atoms in total. The molecule has 1 aromatic carbocycles. The fourth-order valence-electron chi connectivity index (χ4n) is 9.77. The molecule has 4 heteroatoms. The van der Waals surface area contributed by atoms with Crippen molar-refractivity contribution in [3.05, 3.63) is 35.9 Å². The molecular formula is C35H53NO3. The van der Waals surface area contributed by atoms with Crippen molar-refractivity contribution in [3.63, 3.8) is 0 Å². The van der Waals surface area contributed by atoms with Crippen LogP contribution in [0.5, 0.6) is 0 Å². The van der Waals surface area contributed by atoms with E-state index in [9.17, 15) is 14.7 Å². The first-order valence-corrected chi connectivity index (χ1v) is 16.3. The van der Waals surface area contributed by atoms with E-state index in [-0.39, 0.29) is 17.4 Å². The van der Waals surface area contributed by atoms with Gasteiger partial charge in [0.2, 0.25) is 5.91 Å². The summed E-state index contributed by atoms with van der Waals surface area (Å²) in [5, 5.41) is 14.0. The third-order valence-corrected chi connectivity index (χ3v) is 12.2. The van der Waals surface area contributed by atoms with Crippen LogP contribution in [0.2, 0.25) is 0 Å². The number of benzene rings is 1. The number of carbonyl (C=O) groups is 2. The van der Waals surface area contributed by atoms with Gasteiger partial charge in [-0.25, -0.2) is 0 Å². The molecule has 4 aliphatic rings. The highest BCUT2D eigenvalue weighted by Gasteiger charge is 2.62. The standard InChI is InChI=1S/C35H53NO3/c1-34-20-18-28(37)23-27(34)22-26(33-29-16-17-31(38)35(29,2)21-19-30(33)34)14-10-5-3-4-6-11-15-32(39)36-24-25-12-8-7-9-13-25/h7-9,12-13,26-27,29-31,33,38H,3-6,10-11,14-24H2,1-2H3,(H,36,39)/t26?,27?,29-,30+,31?,33-,34-,35-/m0/s1. The van der Waals surface area contributed by atoms with Crippen LogP contribution in [0.25, 0.3) is 0 Å². The van der Waals surface area contributed by atoms with E-state index >= 15 is 0 Å². The zero-order chi connectivity index (χ0) is 27.5. The van der Waals surface area contributed by atoms with Gasteiger partial charge in [-0.3, -0.25) is 9.59 Å². The molecule has 0 radical (unpaired) electrons. The van der Waals surface area contributed by atoms with Gasteiger partial charge in [-0.1, -0.05) is 82.7 Å². The molecule has 1 amide bonds. The highest BCUT2D eigenvalue weighted by Crippen LogP contribution is 2.67. The van der Waals surface area contributed by atoms with Crippen LogP contribution in [0.1, 0.15) is 122 Å². The van der Waals surface area contributed by atoms with Gasteiger partial charge in [0.05, 0.1) is 6.10 Å². The molecule has 3 unspecified atom stereocenters. The zero-order valence-corrected chi connectivity index (χ0v) is 24.6. The lowest BCUT2D eigenvalue weighted by Crippen LogP contribution is -2.57. The van der Waals surface area contributed by atoms with Gasteiger partial charge in [-0.15, -0.1) is 0 Å². The monoisotopic (exact) mass is 535 g/mol. The summed E-state index contributed by atoms with van der Waals surface area (Å²) in [5.74, 6) is 4.11. The third kappa shape index (κ3) is 6.16. The van der Waals surface area contributed by atoms with Crippen LogP contribution in [0.4, 0.5) is 0 Å². The lowest BCUT2D eigenvalue weighted by atomic mass is 9.42. The summed E-state index contributed by atoms with van der Waals surface area (Å²) in [4.78, 5) is 24.6. The van der Waals surface area contributed by atoms with Crippen molar-refractivity contribution in [2.24, 2.45) is 40.4 Å². The normalized spacial score (nSPS) is 37.6. The average Bonchev–Trinajstić information content (AvgIpc) is 3.24. The Bertz CT molecular complexity index is 977. The van der Waals surface area contributed by atoms with E-state index in [4.69, 9.17) is 0 Å². The van der Waals surface area contributed by atoms with Crippen LogP contribution in [-0.4, -0.2) is 22.9 Å². The van der Waals surface area contributed by atoms with Crippen molar-refractivity contribution >= 4 is 11.7 Å². The molecule has 0 aromatic heterocycles. The molecule has 8 atom stereocenters. The van der Waals surface area contributed by atoms with Crippen LogP contribution in [0, 0.1) is 40.4 Å². The van der Waals surface area contributed by atoms with Gasteiger partial charge in [0, 0.05) is 25.8 Å². The van der Waals surface area contributed by atoms with Gasteiger partial charge < -0.3 is 10.4 Å². The fraction of sp³-hybridized carbons (Fsp3) is 0.771. The topological polar surface area (TPSA) is 66.4 Å². The van der Waals surface area contributed by atoms with E-state index in [1.54, 1.807) is 0 Å². The highest BCUT2D eigenvalue weighted by atomic mass is 16.3. The summed E-state index contributed by atoms with van der Waals surface area (Å²) >= 11 is 0. The Kier molecular flexibility index (Phi) is 9.21. The van der Waals surface area contributed by atoms with E-state index in [1.165, 1.54) is 57.8 Å². The van der Waals surface area contributed by atoms with Gasteiger partial charge in [0.1, 0.15) is 5.78 Å². The minimum Gasteiger partial charge on any atom is -0.393 e. The maximum Gasteiger partial charge on any atom is 0.220 e. The Balaban J connectivity index is 1.07. The number of aliphatic hydroxyl groups is 1. The highest BCUT2D eigenvalue weighted by molar-refractivity contribution is 5.79. The minimum absolute atomic E-state index is 0.112. The van der Waals surface area contributed by atoms with Gasteiger partial charge in [0.25, 0.3) is 0 Å². The van der Waals surface area contributed by atoms with Crippen molar-refractivity contribution < 1.29 is 14.7 Å². The second-order valence-corrected chi connectivity index (χ2v) is 14.3. The molecule has 1 aromatic rings. The van der Waals surface area contributed by atoms with Crippen LogP contribution in [-0.2, 0) is 16.1 Å². The number of aliphatic hydroxyl groups excluding tert-OH is 1. The smallest absolute Gasteiger partial charge is 0.220 e. The minimum atomic E-state index is -0.122. The van der Waals surface area contributed by atoms with Crippen LogP contribution < -0.4 is 5.32 Å². The Morgan fingerprint density at radius 3 is 2.44 bits per heavy atom. The molecular weight excluding hydrogens is 482 g/mol. The first-order chi connectivity index (χ1) is 18.8. The molecule has 216 valence electrons. The number of unbranched alkanes of at least 4 members (excludes halogenated alkanes) is 5. The lowest BCUT2D eigenvalue weighted by Gasteiger charge is -2.62. The molecule has 0 spiro atoms. The van der Waals surface area contributed by atoms with Crippen molar-refractivity contribution in [3.8, 4) is 0 Å². The van der Waals surface area contributed by atoms with Gasteiger partial charge in [0.15, 0.2) is 0 Å². The Morgan fingerprint density at radius 1 is 0.923 bits per heavy atom. The van der Waals surface area contributed by atoms with E-state index in [2.05, 4.69) is 19.2 Å². The first-order valence-electron chi connectivity index (χ1n) is 16.3. The largest absolute Gasteiger partial charge is 0.393 e. The van der Waals surface area contributed by atoms with Crippen LogP contribution in [0.3, 0.4) is 0 Å². The predicted octanol–water partition coefficient (Wildman–Crippen LogP) is 7.62. The summed E-state index contributed by atoms with van der Waals surface area (Å²) in [5.41, 5.74) is 1.59. The number of ketones is 1. The number of rotatable bonds is 11. The summed E-state index contributed by atoms with van der Waals surface area (Å²) in [6.07, 6.45) is 17.5. The molecule has 4 aliphatic carbocycles. The zero-order valence-electron chi connectivity index (χ0n) is 24.6. The molecule has 0 heterocycles. The van der Waals surface area contributed by atoms with Crippen molar-refractivity contribution in [2.75, 3.05) is 0 Å². The molecule has 2 N–H and O–H groups in total. The van der Waals surface area contributed by atoms with Crippen LogP contribution in [0.15, 0.2) is 30.3 Å². The van der Waals surface area contributed by atoms with Crippen molar-refractivity contribution in [2.45, 2.75) is 129 Å². The van der Waals surface area contributed by atoms with E-state index in [0.717, 1.165) is 61.8 Å². The quantitative estimate of drug-likeness (QED) is 0.286. The average molecular weight is 536 g/mol. The number of amides is 1. The molecule has 0 saturated heterocycles. The molecule has 0 aliphatic heterocycles. The molecule has 4 fully saturated rings. The maximum atomic E-state index is 12.5. The second kappa shape index (κ2) is 12.5. The third-order valence-electron chi connectivity index (χ3n) is 12.2. The second-order valence-electron chi connectivity index (χ2n) is 14.3. The molecule has 4 saturated carbocycles. The Hall–Kier alpha value is -1.68. The number of fused-ring (bicyclic) bond motifs is 5. The molecule has 0 bridgehead atoms. The Morgan fingerprint density at radius 2 is 1.64 bits per heavy atom. The van der Waals surface area contributed by atoms with E-state index in [1.807, 2.05) is 30.3 Å². The number of hydrogen-bond acceptors (Lipinski definition) is 3. The summed E-state index contributed by atoms with van der Waals surface area (Å²) in [7, 11) is 0. The molecule has 39 heavy (non-hydrogen) atoms.